The molecule has 0 aromatic heterocycles. The van der Waals surface area contributed by atoms with Gasteiger partial charge in [-0.2, -0.15) is 0 Å². The molecule has 0 spiro atoms. The maximum absolute atomic E-state index is 11.5. The van der Waals surface area contributed by atoms with Gasteiger partial charge in [-0.1, -0.05) is 27.9 Å². The van der Waals surface area contributed by atoms with Crippen LogP contribution in [-0.4, -0.2) is 26.5 Å². The highest BCUT2D eigenvalue weighted by Crippen LogP contribution is 2.08. The van der Waals surface area contributed by atoms with Crippen molar-refractivity contribution >= 4 is 28.1 Å². The minimum absolute atomic E-state index is 0.0573. The van der Waals surface area contributed by atoms with Crippen LogP contribution in [0.2, 0.25) is 0 Å². The van der Waals surface area contributed by atoms with Crippen LogP contribution in [0.3, 0.4) is 0 Å². The van der Waals surface area contributed by atoms with Crippen molar-refractivity contribution < 1.29 is 22.8 Å². The topological polar surface area (TPSA) is 212 Å². The first-order valence-corrected chi connectivity index (χ1v) is 7.17. The zero-order chi connectivity index (χ0) is 18.0. The molecule has 0 atom stereocenters. The second kappa shape index (κ2) is 9.06. The van der Waals surface area contributed by atoms with Gasteiger partial charge in [0.05, 0.1) is 4.90 Å². The lowest BCUT2D eigenvalue weighted by molar-refractivity contribution is 0.247. The van der Waals surface area contributed by atoms with Crippen LogP contribution in [0.25, 0.3) is 0 Å². The van der Waals surface area contributed by atoms with Gasteiger partial charge in [0.25, 0.3) is 10.0 Å². The Morgan fingerprint density at radius 3 is 1.74 bits per heavy atom. The first-order valence-electron chi connectivity index (χ1n) is 5.69. The summed E-state index contributed by atoms with van der Waals surface area (Å²) >= 11 is 0. The zero-order valence-corrected chi connectivity index (χ0v) is 12.7. The number of urea groups is 3. The highest BCUT2D eigenvalue weighted by molar-refractivity contribution is 7.89. The van der Waals surface area contributed by atoms with Crippen LogP contribution in [-0.2, 0) is 10.0 Å². The molecule has 13 heteroatoms. The quantitative estimate of drug-likeness (QED) is 0.359. The lowest BCUT2D eigenvalue weighted by Gasteiger charge is -2.06. The number of hydrogen-bond acceptors (Lipinski definition) is 5. The summed E-state index contributed by atoms with van der Waals surface area (Å²) in [4.78, 5) is 31.5. The number of nitrogens with one attached hydrogen (secondary N) is 2. The number of carbonyl (C=O) groups excluding carboxylic acids is 3. The number of azo groups is 1. The Morgan fingerprint density at radius 1 is 0.957 bits per heavy atom. The number of hydrazine groups is 1. The van der Waals surface area contributed by atoms with Gasteiger partial charge in [-0.05, 0) is 19.1 Å². The summed E-state index contributed by atoms with van der Waals surface area (Å²) < 4.78 is 22.9. The van der Waals surface area contributed by atoms with Crippen molar-refractivity contribution in [3.8, 4) is 0 Å². The molecule has 0 saturated heterocycles. The largest absolute Gasteiger partial charge is 0.357 e. The molecule has 1 aromatic rings. The van der Waals surface area contributed by atoms with Crippen molar-refractivity contribution in [2.45, 2.75) is 11.8 Å². The fraction of sp³-hybridized carbons (Fsp3) is 0.100. The van der Waals surface area contributed by atoms with Crippen LogP contribution < -0.4 is 27.5 Å². The molecule has 0 aliphatic heterocycles. The normalized spacial score (nSPS) is 10.5. The van der Waals surface area contributed by atoms with Crippen molar-refractivity contribution in [1.82, 2.24) is 10.3 Å². The third-order valence-electron chi connectivity index (χ3n) is 1.89. The number of primary amides is 3. The van der Waals surface area contributed by atoms with E-state index in [0.717, 1.165) is 5.56 Å². The maximum atomic E-state index is 11.5. The standard InChI is InChI=1S/C8H11N3O3S.C2H4N4O2/c1-6-2-4-7(5-3-6)15(13,14)11-10-8(9)12;3-1(7)5-6-2(4)8/h2-5,11H,1H3,(H3,9,10,12);(H2,3,7)(H2,4,8). The molecule has 0 aliphatic rings. The Hall–Kier alpha value is -3.06. The molecule has 12 nitrogen and oxygen atoms in total. The van der Waals surface area contributed by atoms with Crippen molar-refractivity contribution in [1.29, 1.82) is 0 Å². The van der Waals surface area contributed by atoms with E-state index in [1.54, 1.807) is 17.6 Å². The SMILES string of the molecule is Cc1ccc(S(=O)(=O)NNC(N)=O)cc1.NC(=O)N=NC(N)=O. The fourth-order valence-electron chi connectivity index (χ4n) is 0.992. The van der Waals surface area contributed by atoms with Crippen LogP contribution in [0.4, 0.5) is 14.4 Å². The Balaban J connectivity index is 0.000000515. The second-order valence-corrected chi connectivity index (χ2v) is 5.47. The Labute approximate surface area is 131 Å². The predicted octanol–water partition coefficient (Wildman–Crippen LogP) is -0.547. The van der Waals surface area contributed by atoms with Gasteiger partial charge >= 0.3 is 18.1 Å². The molecule has 8 N–H and O–H groups in total. The molecule has 126 valence electrons. The third kappa shape index (κ3) is 9.48. The van der Waals surface area contributed by atoms with Crippen LogP contribution in [0.15, 0.2) is 39.4 Å². The molecule has 0 heterocycles. The first-order chi connectivity index (χ1) is 10.5. The Morgan fingerprint density at radius 2 is 1.39 bits per heavy atom. The fourth-order valence-corrected chi connectivity index (χ4v) is 1.84. The lowest BCUT2D eigenvalue weighted by Crippen LogP contribution is -2.44. The molecule has 0 radical (unpaired) electrons. The molecular formula is C10H15N7O5S. The molecule has 6 amide bonds. The van der Waals surface area contributed by atoms with Gasteiger partial charge in [0.15, 0.2) is 0 Å². The lowest BCUT2D eigenvalue weighted by atomic mass is 10.2. The van der Waals surface area contributed by atoms with Gasteiger partial charge < -0.3 is 17.2 Å². The number of amides is 6. The molecule has 1 aromatic carbocycles. The molecule has 1 rings (SSSR count). The molecule has 0 unspecified atom stereocenters. The van der Waals surface area contributed by atoms with Gasteiger partial charge in [0.1, 0.15) is 0 Å². The number of sulfonamides is 1. The minimum atomic E-state index is -3.73. The summed E-state index contributed by atoms with van der Waals surface area (Å²) in [6.45, 7) is 1.84. The van der Waals surface area contributed by atoms with Crippen LogP contribution in [0.5, 0.6) is 0 Å². The number of carbonyl (C=O) groups is 3. The Kier molecular flexibility index (Phi) is 7.85. The monoisotopic (exact) mass is 345 g/mol. The van der Waals surface area contributed by atoms with Gasteiger partial charge in [-0.25, -0.2) is 22.8 Å². The molecular weight excluding hydrogens is 330 g/mol. The number of rotatable bonds is 3. The molecule has 0 saturated carbocycles. The number of nitrogens with two attached hydrogens (primary N) is 3. The summed E-state index contributed by atoms with van der Waals surface area (Å²) in [7, 11) is -3.73. The minimum Gasteiger partial charge on any atom is -0.351 e. The molecule has 0 fully saturated rings. The van der Waals surface area contributed by atoms with E-state index in [-0.39, 0.29) is 4.90 Å². The van der Waals surface area contributed by atoms with E-state index in [1.807, 2.05) is 11.8 Å². The van der Waals surface area contributed by atoms with Crippen molar-refractivity contribution in [3.63, 3.8) is 0 Å². The van der Waals surface area contributed by atoms with E-state index in [9.17, 15) is 22.8 Å². The predicted molar refractivity (Wildman–Crippen MR) is 78.2 cm³/mol. The highest BCUT2D eigenvalue weighted by atomic mass is 32.2. The first kappa shape index (κ1) is 19.9. The number of nitrogens with zero attached hydrogens (tertiary/aromatic N) is 2. The highest BCUT2D eigenvalue weighted by Gasteiger charge is 2.13. The summed E-state index contributed by atoms with van der Waals surface area (Å²) in [6, 6.07) is 3.12. The second-order valence-electron chi connectivity index (χ2n) is 3.78. The summed E-state index contributed by atoms with van der Waals surface area (Å²) in [6.07, 6.45) is 0. The van der Waals surface area contributed by atoms with E-state index >= 15 is 0 Å². The van der Waals surface area contributed by atoms with E-state index in [2.05, 4.69) is 21.7 Å². The van der Waals surface area contributed by atoms with Crippen LogP contribution >= 0.6 is 0 Å². The average molecular weight is 345 g/mol. The Bertz CT molecular complexity index is 683. The van der Waals surface area contributed by atoms with Crippen molar-refractivity contribution in [2.24, 2.45) is 27.4 Å². The molecule has 0 bridgehead atoms. The van der Waals surface area contributed by atoms with Crippen molar-refractivity contribution in [2.75, 3.05) is 0 Å². The number of hydrogen-bond donors (Lipinski definition) is 5. The number of aryl methyl sites for hydroxylation is 1. The van der Waals surface area contributed by atoms with E-state index in [0.29, 0.717) is 0 Å². The summed E-state index contributed by atoms with van der Waals surface area (Å²) in [5.74, 6) is 0. The molecule has 23 heavy (non-hydrogen) atoms. The van der Waals surface area contributed by atoms with Gasteiger partial charge in [0.2, 0.25) is 0 Å². The number of benzene rings is 1. The average Bonchev–Trinajstić information content (AvgIpc) is 2.44. The van der Waals surface area contributed by atoms with Crippen LogP contribution in [0, 0.1) is 6.92 Å². The van der Waals surface area contributed by atoms with Gasteiger partial charge in [-0.15, -0.1) is 4.83 Å². The van der Waals surface area contributed by atoms with Crippen molar-refractivity contribution in [3.05, 3.63) is 29.8 Å². The van der Waals surface area contributed by atoms with Crippen LogP contribution in [0.1, 0.15) is 5.56 Å². The van der Waals surface area contributed by atoms with E-state index < -0.39 is 28.1 Å². The zero-order valence-electron chi connectivity index (χ0n) is 11.9. The third-order valence-corrected chi connectivity index (χ3v) is 3.15. The van der Waals surface area contributed by atoms with Gasteiger partial charge in [-0.3, -0.25) is 5.43 Å². The van der Waals surface area contributed by atoms with Gasteiger partial charge in [0, 0.05) is 0 Å². The summed E-state index contributed by atoms with van der Waals surface area (Å²) in [5.41, 5.74) is 16.3. The smallest absolute Gasteiger partial charge is 0.351 e. The van der Waals surface area contributed by atoms with E-state index in [1.165, 1.54) is 12.1 Å². The maximum Gasteiger partial charge on any atom is 0.357 e. The van der Waals surface area contributed by atoms with E-state index in [4.69, 9.17) is 5.73 Å². The summed E-state index contributed by atoms with van der Waals surface area (Å²) in [5, 5.41) is 5.23. The molecule has 0 aliphatic carbocycles.